The van der Waals surface area contributed by atoms with Gasteiger partial charge < -0.3 is 10.0 Å². The molecule has 4 aromatic rings. The van der Waals surface area contributed by atoms with Crippen molar-refractivity contribution >= 4 is 11.7 Å². The molecule has 5 rings (SSSR count). The molecule has 2 unspecified atom stereocenters. The summed E-state index contributed by atoms with van der Waals surface area (Å²) < 4.78 is 17.8. The average molecular weight is 463 g/mol. The van der Waals surface area contributed by atoms with E-state index in [2.05, 4.69) is 25.6 Å². The molecule has 12 heteroatoms. The Morgan fingerprint density at radius 1 is 1.09 bits per heavy atom. The molecular formula is C22H22FN9O2. The number of carbonyl (C=O) groups excluding carboxylic acids is 1. The Hall–Kier alpha value is -4.19. The third-order valence-electron chi connectivity index (χ3n) is 6.18. The topological polar surface area (TPSA) is 118 Å². The van der Waals surface area contributed by atoms with Gasteiger partial charge in [-0.25, -0.2) is 23.5 Å². The highest BCUT2D eigenvalue weighted by molar-refractivity contribution is 5.94. The van der Waals surface area contributed by atoms with Crippen LogP contribution in [-0.4, -0.2) is 70.1 Å². The second-order valence-corrected chi connectivity index (χ2v) is 8.07. The summed E-state index contributed by atoms with van der Waals surface area (Å²) in [4.78, 5) is 20.5. The molecule has 2 amide bonds. The van der Waals surface area contributed by atoms with Gasteiger partial charge in [0.25, 0.3) is 0 Å². The fraction of sp³-hybridized carbons (Fsp3) is 0.273. The number of aliphatic hydroxyl groups is 1. The molecule has 11 nitrogen and oxygen atoms in total. The Kier molecular flexibility index (Phi) is 5.49. The van der Waals surface area contributed by atoms with Crippen molar-refractivity contribution < 1.29 is 14.3 Å². The van der Waals surface area contributed by atoms with Crippen LogP contribution in [0.25, 0.3) is 5.69 Å². The summed E-state index contributed by atoms with van der Waals surface area (Å²) in [5.74, 6) is -0.557. The van der Waals surface area contributed by atoms with Gasteiger partial charge in [0, 0.05) is 24.3 Å². The number of amides is 2. The van der Waals surface area contributed by atoms with Crippen molar-refractivity contribution in [3.8, 4) is 5.69 Å². The third-order valence-corrected chi connectivity index (χ3v) is 6.18. The average Bonchev–Trinajstić information content (AvgIpc) is 3.62. The Labute approximate surface area is 194 Å². The first-order chi connectivity index (χ1) is 16.5. The van der Waals surface area contributed by atoms with Crippen molar-refractivity contribution in [1.82, 2.24) is 39.9 Å². The molecule has 1 saturated heterocycles. The van der Waals surface area contributed by atoms with Crippen LogP contribution in [0.15, 0.2) is 67.5 Å². The number of benzene rings is 2. The van der Waals surface area contributed by atoms with Crippen LogP contribution in [-0.2, 0) is 12.1 Å². The molecule has 0 aliphatic carbocycles. The summed E-state index contributed by atoms with van der Waals surface area (Å²) in [6.45, 7) is 2.43. The number of carbonyl (C=O) groups is 1. The van der Waals surface area contributed by atoms with Crippen molar-refractivity contribution in [1.29, 1.82) is 0 Å². The Bertz CT molecular complexity index is 1260. The van der Waals surface area contributed by atoms with Crippen molar-refractivity contribution in [2.75, 3.05) is 18.0 Å². The number of hydrogen-bond acceptors (Lipinski definition) is 7. The summed E-state index contributed by atoms with van der Waals surface area (Å²) >= 11 is 0. The van der Waals surface area contributed by atoms with Gasteiger partial charge in [-0.05, 0) is 47.7 Å². The number of halogens is 1. The number of rotatable bonds is 7. The maximum Gasteiger partial charge on any atom is 0.324 e. The lowest BCUT2D eigenvalue weighted by atomic mass is 9.85. The SMILES string of the molecule is CC(N1CCN(c2ccc(-n3cnnn3)cc2)C1=O)C(O)(Cn1cncn1)c1ccccc1F. The van der Waals surface area contributed by atoms with E-state index in [1.165, 1.54) is 40.5 Å². The van der Waals surface area contributed by atoms with E-state index < -0.39 is 17.5 Å². The highest BCUT2D eigenvalue weighted by Gasteiger charge is 2.46. The predicted molar refractivity (Wildman–Crippen MR) is 118 cm³/mol. The fourth-order valence-corrected chi connectivity index (χ4v) is 4.29. The molecule has 1 fully saturated rings. The lowest BCUT2D eigenvalue weighted by molar-refractivity contribution is -0.0474. The monoisotopic (exact) mass is 463 g/mol. The second kappa shape index (κ2) is 8.63. The number of tetrazole rings is 1. The minimum Gasteiger partial charge on any atom is -0.381 e. The van der Waals surface area contributed by atoms with E-state index in [9.17, 15) is 14.3 Å². The molecule has 34 heavy (non-hydrogen) atoms. The molecule has 2 aromatic heterocycles. The normalized spacial score (nSPS) is 16.6. The van der Waals surface area contributed by atoms with Crippen molar-refractivity contribution in [3.63, 3.8) is 0 Å². The van der Waals surface area contributed by atoms with E-state index in [4.69, 9.17) is 0 Å². The van der Waals surface area contributed by atoms with Crippen LogP contribution in [0.5, 0.6) is 0 Å². The van der Waals surface area contributed by atoms with Crippen LogP contribution in [0.4, 0.5) is 14.9 Å². The largest absolute Gasteiger partial charge is 0.381 e. The van der Waals surface area contributed by atoms with E-state index in [1.54, 1.807) is 28.9 Å². The summed E-state index contributed by atoms with van der Waals surface area (Å²) in [6.07, 6.45) is 4.27. The first-order valence-electron chi connectivity index (χ1n) is 10.7. The Balaban J connectivity index is 1.42. The van der Waals surface area contributed by atoms with Crippen molar-refractivity contribution in [3.05, 3.63) is 78.9 Å². The zero-order valence-electron chi connectivity index (χ0n) is 18.3. The quantitative estimate of drug-likeness (QED) is 0.442. The number of hydrogen-bond donors (Lipinski definition) is 1. The van der Waals surface area contributed by atoms with Crippen molar-refractivity contribution in [2.45, 2.75) is 25.1 Å². The Morgan fingerprint density at radius 3 is 2.53 bits per heavy atom. The van der Waals surface area contributed by atoms with Gasteiger partial charge >= 0.3 is 6.03 Å². The molecular weight excluding hydrogens is 441 g/mol. The van der Waals surface area contributed by atoms with Crippen LogP contribution < -0.4 is 4.90 Å². The van der Waals surface area contributed by atoms with E-state index in [1.807, 2.05) is 24.3 Å². The summed E-state index contributed by atoms with van der Waals surface area (Å²) in [5, 5.41) is 27.0. The van der Waals surface area contributed by atoms with Gasteiger partial charge in [-0.2, -0.15) is 5.10 Å². The van der Waals surface area contributed by atoms with Gasteiger partial charge in [0.15, 0.2) is 0 Å². The molecule has 2 aromatic carbocycles. The van der Waals surface area contributed by atoms with E-state index in [0.29, 0.717) is 18.8 Å². The molecule has 2 atom stereocenters. The molecule has 0 bridgehead atoms. The van der Waals surface area contributed by atoms with Crippen molar-refractivity contribution in [2.24, 2.45) is 0 Å². The zero-order chi connectivity index (χ0) is 23.7. The first kappa shape index (κ1) is 21.6. The van der Waals surface area contributed by atoms with Crippen LogP contribution in [0.2, 0.25) is 0 Å². The highest BCUT2D eigenvalue weighted by Crippen LogP contribution is 2.34. The van der Waals surface area contributed by atoms with Crippen LogP contribution >= 0.6 is 0 Å². The molecule has 0 radical (unpaired) electrons. The van der Waals surface area contributed by atoms with Gasteiger partial charge in [0.2, 0.25) is 0 Å². The minimum atomic E-state index is -1.74. The fourth-order valence-electron chi connectivity index (χ4n) is 4.29. The smallest absolute Gasteiger partial charge is 0.324 e. The van der Waals surface area contributed by atoms with Gasteiger partial charge in [0.05, 0.1) is 18.3 Å². The maximum atomic E-state index is 14.8. The van der Waals surface area contributed by atoms with E-state index in [-0.39, 0.29) is 18.1 Å². The molecule has 3 heterocycles. The first-order valence-corrected chi connectivity index (χ1v) is 10.7. The summed E-state index contributed by atoms with van der Waals surface area (Å²) in [6, 6.07) is 12.2. The number of urea groups is 1. The molecule has 1 N–H and O–H groups in total. The Morgan fingerprint density at radius 2 is 1.85 bits per heavy atom. The molecule has 1 aliphatic heterocycles. The highest BCUT2D eigenvalue weighted by atomic mass is 19.1. The standard InChI is InChI=1S/C22H22FN9O2/c1-16(22(34,12-29-14-24-13-26-29)19-4-2-3-5-20(19)23)30-10-11-31(21(30)33)17-6-8-18(9-7-17)32-15-25-27-28-32/h2-9,13-16,34H,10-12H2,1H3. The lowest BCUT2D eigenvalue weighted by Gasteiger charge is -2.39. The van der Waals surface area contributed by atoms with Crippen LogP contribution in [0, 0.1) is 5.82 Å². The maximum absolute atomic E-state index is 14.8. The minimum absolute atomic E-state index is 0.0699. The van der Waals surface area contributed by atoms with E-state index >= 15 is 0 Å². The van der Waals surface area contributed by atoms with Gasteiger partial charge in [-0.1, -0.05) is 18.2 Å². The summed E-state index contributed by atoms with van der Waals surface area (Å²) in [5.41, 5.74) is -0.195. The van der Waals surface area contributed by atoms with Crippen LogP contribution in [0.1, 0.15) is 12.5 Å². The van der Waals surface area contributed by atoms with Gasteiger partial charge in [0.1, 0.15) is 30.4 Å². The molecule has 1 aliphatic rings. The number of aromatic nitrogens is 7. The van der Waals surface area contributed by atoms with Gasteiger partial charge in [-0.3, -0.25) is 4.90 Å². The van der Waals surface area contributed by atoms with Crippen LogP contribution in [0.3, 0.4) is 0 Å². The second-order valence-electron chi connectivity index (χ2n) is 8.07. The third kappa shape index (κ3) is 3.77. The molecule has 0 spiro atoms. The van der Waals surface area contributed by atoms with Gasteiger partial charge in [-0.15, -0.1) is 5.10 Å². The lowest BCUT2D eigenvalue weighted by Crippen LogP contribution is -2.53. The van der Waals surface area contributed by atoms with E-state index in [0.717, 1.165) is 5.69 Å². The summed E-state index contributed by atoms with van der Waals surface area (Å²) in [7, 11) is 0. The molecule has 0 saturated carbocycles. The number of nitrogens with zero attached hydrogens (tertiary/aromatic N) is 9. The number of anilines is 1. The zero-order valence-corrected chi connectivity index (χ0v) is 18.3. The molecule has 174 valence electrons. The predicted octanol–water partition coefficient (Wildman–Crippen LogP) is 1.61.